The molecular weight excluding hydrogens is 243 g/mol. The SMILES string of the molecule is CC(C)CCN(C)c1cc(CCl)c(Cl)cn1. The average Bonchev–Trinajstić information content (AvgIpc) is 2.26. The topological polar surface area (TPSA) is 16.1 Å². The highest BCUT2D eigenvalue weighted by Crippen LogP contribution is 2.21. The Balaban J connectivity index is 2.72. The van der Waals surface area contributed by atoms with E-state index in [2.05, 4.69) is 23.7 Å². The highest BCUT2D eigenvalue weighted by Gasteiger charge is 2.07. The lowest BCUT2D eigenvalue weighted by molar-refractivity contribution is 0.583. The van der Waals surface area contributed by atoms with E-state index in [0.717, 1.165) is 24.3 Å². The molecule has 0 N–H and O–H groups in total. The van der Waals surface area contributed by atoms with Crippen molar-refractivity contribution in [3.63, 3.8) is 0 Å². The van der Waals surface area contributed by atoms with Crippen molar-refractivity contribution in [1.29, 1.82) is 0 Å². The molecule has 0 aliphatic rings. The Kier molecular flexibility index (Phi) is 5.36. The smallest absolute Gasteiger partial charge is 0.128 e. The molecule has 0 amide bonds. The van der Waals surface area contributed by atoms with Crippen molar-refractivity contribution in [2.75, 3.05) is 18.5 Å². The lowest BCUT2D eigenvalue weighted by Gasteiger charge is -2.19. The third kappa shape index (κ3) is 3.84. The summed E-state index contributed by atoms with van der Waals surface area (Å²) in [7, 11) is 2.04. The Morgan fingerprint density at radius 1 is 1.44 bits per heavy atom. The van der Waals surface area contributed by atoms with E-state index in [9.17, 15) is 0 Å². The quantitative estimate of drug-likeness (QED) is 0.746. The molecule has 0 spiro atoms. The van der Waals surface area contributed by atoms with Crippen molar-refractivity contribution in [2.45, 2.75) is 26.1 Å². The maximum Gasteiger partial charge on any atom is 0.128 e. The molecule has 2 nitrogen and oxygen atoms in total. The second-order valence-corrected chi connectivity index (χ2v) is 5.05. The maximum absolute atomic E-state index is 5.96. The van der Waals surface area contributed by atoms with Gasteiger partial charge in [0.05, 0.1) is 5.02 Å². The van der Waals surface area contributed by atoms with E-state index >= 15 is 0 Å². The molecule has 0 aliphatic carbocycles. The van der Waals surface area contributed by atoms with Crippen LogP contribution in [-0.2, 0) is 5.88 Å². The number of nitrogens with zero attached hydrogens (tertiary/aromatic N) is 2. The standard InChI is InChI=1S/C12H18Cl2N2/c1-9(2)4-5-16(3)12-6-10(7-13)11(14)8-15-12/h6,8-9H,4-5,7H2,1-3H3. The van der Waals surface area contributed by atoms with Crippen molar-refractivity contribution >= 4 is 29.0 Å². The monoisotopic (exact) mass is 260 g/mol. The molecule has 0 unspecified atom stereocenters. The first-order valence-electron chi connectivity index (χ1n) is 5.46. The molecule has 0 bridgehead atoms. The summed E-state index contributed by atoms with van der Waals surface area (Å²) >= 11 is 11.8. The fraction of sp³-hybridized carbons (Fsp3) is 0.583. The number of anilines is 1. The molecule has 16 heavy (non-hydrogen) atoms. The van der Waals surface area contributed by atoms with Crippen LogP contribution in [0.1, 0.15) is 25.8 Å². The molecule has 0 fully saturated rings. The zero-order valence-corrected chi connectivity index (χ0v) is 11.5. The molecule has 1 heterocycles. The molecule has 1 rings (SSSR count). The Hall–Kier alpha value is -0.470. The van der Waals surface area contributed by atoms with Crippen molar-refractivity contribution in [3.05, 3.63) is 22.8 Å². The van der Waals surface area contributed by atoms with Crippen LogP contribution < -0.4 is 4.90 Å². The molecule has 0 saturated heterocycles. The van der Waals surface area contributed by atoms with E-state index < -0.39 is 0 Å². The molecule has 0 aliphatic heterocycles. The van der Waals surface area contributed by atoms with Crippen LogP contribution in [0, 0.1) is 5.92 Å². The van der Waals surface area contributed by atoms with Gasteiger partial charge < -0.3 is 4.90 Å². The predicted molar refractivity (Wildman–Crippen MR) is 71.5 cm³/mol. The first-order chi connectivity index (χ1) is 7.54. The summed E-state index contributed by atoms with van der Waals surface area (Å²) in [6.07, 6.45) is 2.82. The highest BCUT2D eigenvalue weighted by molar-refractivity contribution is 6.32. The van der Waals surface area contributed by atoms with E-state index in [1.54, 1.807) is 6.20 Å². The summed E-state index contributed by atoms with van der Waals surface area (Å²) in [5.41, 5.74) is 0.935. The fourth-order valence-electron chi connectivity index (χ4n) is 1.35. The van der Waals surface area contributed by atoms with Gasteiger partial charge in [-0.05, 0) is 24.0 Å². The van der Waals surface area contributed by atoms with E-state index in [1.165, 1.54) is 0 Å². The van der Waals surface area contributed by atoms with Gasteiger partial charge in [-0.25, -0.2) is 4.98 Å². The predicted octanol–water partition coefficient (Wildman–Crippen LogP) is 3.96. The zero-order chi connectivity index (χ0) is 12.1. The van der Waals surface area contributed by atoms with Gasteiger partial charge in [0.2, 0.25) is 0 Å². The third-order valence-corrected chi connectivity index (χ3v) is 3.13. The summed E-state index contributed by atoms with van der Waals surface area (Å²) in [5.74, 6) is 2.05. The first kappa shape index (κ1) is 13.6. The number of hydrogen-bond donors (Lipinski definition) is 0. The van der Waals surface area contributed by atoms with Crippen LogP contribution in [0.15, 0.2) is 12.3 Å². The Morgan fingerprint density at radius 3 is 2.69 bits per heavy atom. The van der Waals surface area contributed by atoms with Gasteiger partial charge in [0.1, 0.15) is 5.82 Å². The van der Waals surface area contributed by atoms with Crippen LogP contribution >= 0.6 is 23.2 Å². The van der Waals surface area contributed by atoms with Crippen LogP contribution in [0.3, 0.4) is 0 Å². The number of pyridine rings is 1. The van der Waals surface area contributed by atoms with E-state index in [4.69, 9.17) is 23.2 Å². The Labute approximate surface area is 108 Å². The largest absolute Gasteiger partial charge is 0.360 e. The lowest BCUT2D eigenvalue weighted by Crippen LogP contribution is -2.21. The summed E-state index contributed by atoms with van der Waals surface area (Å²) in [6.45, 7) is 5.43. The van der Waals surface area contributed by atoms with Gasteiger partial charge in [0, 0.05) is 25.7 Å². The minimum Gasteiger partial charge on any atom is -0.360 e. The Morgan fingerprint density at radius 2 is 2.12 bits per heavy atom. The molecule has 1 aromatic heterocycles. The molecule has 0 aromatic carbocycles. The molecule has 4 heteroatoms. The average molecular weight is 261 g/mol. The van der Waals surface area contributed by atoms with Gasteiger partial charge in [-0.3, -0.25) is 0 Å². The van der Waals surface area contributed by atoms with Gasteiger partial charge in [-0.15, -0.1) is 11.6 Å². The minimum absolute atomic E-state index is 0.423. The van der Waals surface area contributed by atoms with E-state index in [0.29, 0.717) is 16.8 Å². The zero-order valence-electron chi connectivity index (χ0n) is 10.0. The van der Waals surface area contributed by atoms with Gasteiger partial charge in [-0.1, -0.05) is 25.4 Å². The molecule has 90 valence electrons. The van der Waals surface area contributed by atoms with Gasteiger partial charge >= 0.3 is 0 Å². The number of aromatic nitrogens is 1. The number of hydrogen-bond acceptors (Lipinski definition) is 2. The molecule has 0 atom stereocenters. The van der Waals surface area contributed by atoms with Crippen LogP contribution in [0.4, 0.5) is 5.82 Å². The number of halogens is 2. The van der Waals surface area contributed by atoms with Crippen molar-refractivity contribution in [3.8, 4) is 0 Å². The summed E-state index contributed by atoms with van der Waals surface area (Å²) in [4.78, 5) is 6.43. The lowest BCUT2D eigenvalue weighted by atomic mass is 10.1. The number of rotatable bonds is 5. The molecular formula is C12H18Cl2N2. The third-order valence-electron chi connectivity index (χ3n) is 2.50. The van der Waals surface area contributed by atoms with Crippen molar-refractivity contribution in [1.82, 2.24) is 4.98 Å². The molecule has 0 radical (unpaired) electrons. The van der Waals surface area contributed by atoms with Crippen LogP contribution in [0.2, 0.25) is 5.02 Å². The second kappa shape index (κ2) is 6.31. The minimum atomic E-state index is 0.423. The molecule has 0 saturated carbocycles. The summed E-state index contributed by atoms with van der Waals surface area (Å²) in [6, 6.07) is 1.95. The molecule has 1 aromatic rings. The van der Waals surface area contributed by atoms with Gasteiger partial charge in [-0.2, -0.15) is 0 Å². The highest BCUT2D eigenvalue weighted by atomic mass is 35.5. The second-order valence-electron chi connectivity index (χ2n) is 4.37. The van der Waals surface area contributed by atoms with Gasteiger partial charge in [0.15, 0.2) is 0 Å². The van der Waals surface area contributed by atoms with Crippen LogP contribution in [0.5, 0.6) is 0 Å². The summed E-state index contributed by atoms with van der Waals surface area (Å²) < 4.78 is 0. The maximum atomic E-state index is 5.96. The van der Waals surface area contributed by atoms with Crippen molar-refractivity contribution < 1.29 is 0 Å². The summed E-state index contributed by atoms with van der Waals surface area (Å²) in [5, 5.41) is 0.635. The van der Waals surface area contributed by atoms with Crippen molar-refractivity contribution in [2.24, 2.45) is 5.92 Å². The van der Waals surface area contributed by atoms with Crippen LogP contribution in [0.25, 0.3) is 0 Å². The normalized spacial score (nSPS) is 10.9. The van der Waals surface area contributed by atoms with E-state index in [1.807, 2.05) is 13.1 Å². The van der Waals surface area contributed by atoms with Crippen LogP contribution in [-0.4, -0.2) is 18.6 Å². The Bertz CT molecular complexity index is 340. The first-order valence-corrected chi connectivity index (χ1v) is 6.37. The fourth-order valence-corrected chi connectivity index (χ4v) is 1.81. The van der Waals surface area contributed by atoms with E-state index in [-0.39, 0.29) is 0 Å². The van der Waals surface area contributed by atoms with Gasteiger partial charge in [0.25, 0.3) is 0 Å². The number of alkyl halides is 1.